The molecule has 4 heteroatoms. The summed E-state index contributed by atoms with van der Waals surface area (Å²) in [4.78, 5) is 1.30. The van der Waals surface area contributed by atoms with Crippen molar-refractivity contribution in [3.63, 3.8) is 0 Å². The quantitative estimate of drug-likeness (QED) is 0.629. The van der Waals surface area contributed by atoms with Gasteiger partial charge in [-0.1, -0.05) is 13.0 Å². The highest BCUT2D eigenvalue weighted by molar-refractivity contribution is 7.10. The monoisotopic (exact) mass is 240 g/mol. The maximum absolute atomic E-state index is 5.88. The van der Waals surface area contributed by atoms with E-state index in [1.165, 1.54) is 4.88 Å². The molecule has 5 atom stereocenters. The van der Waals surface area contributed by atoms with E-state index >= 15 is 0 Å². The molecule has 0 saturated carbocycles. The summed E-state index contributed by atoms with van der Waals surface area (Å²) in [5.41, 5.74) is 2.96. The number of thiophene rings is 1. The highest BCUT2D eigenvalue weighted by atomic mass is 32.1. The van der Waals surface area contributed by atoms with E-state index in [0.717, 1.165) is 0 Å². The smallest absolute Gasteiger partial charge is 0.0609 e. The molecule has 0 radical (unpaired) electrons. The third kappa shape index (κ3) is 2.02. The second kappa shape index (κ2) is 4.84. The lowest BCUT2D eigenvalue weighted by Gasteiger charge is -2.27. The molecule has 16 heavy (non-hydrogen) atoms. The van der Waals surface area contributed by atoms with Crippen molar-refractivity contribution < 1.29 is 4.74 Å². The van der Waals surface area contributed by atoms with Crippen LogP contribution in [0.25, 0.3) is 0 Å². The second-order valence-electron chi connectivity index (χ2n) is 4.64. The summed E-state index contributed by atoms with van der Waals surface area (Å²) in [6, 6.07) is 4.41. The SMILES string of the molecule is CC1OC(C)C(C(NN)c2cccs2)C1C. The number of hydrogen-bond acceptors (Lipinski definition) is 4. The number of nitrogens with two attached hydrogens (primary N) is 1. The predicted octanol–water partition coefficient (Wildman–Crippen LogP) is 2.31. The summed E-state index contributed by atoms with van der Waals surface area (Å²) >= 11 is 1.75. The first-order valence-electron chi connectivity index (χ1n) is 5.80. The van der Waals surface area contributed by atoms with Crippen LogP contribution >= 0.6 is 11.3 Å². The van der Waals surface area contributed by atoms with Crippen LogP contribution in [0, 0.1) is 11.8 Å². The van der Waals surface area contributed by atoms with Crippen molar-refractivity contribution in [2.24, 2.45) is 17.7 Å². The molecule has 2 rings (SSSR count). The van der Waals surface area contributed by atoms with Crippen LogP contribution in [0.15, 0.2) is 17.5 Å². The fourth-order valence-electron chi connectivity index (χ4n) is 2.72. The molecule has 0 aliphatic carbocycles. The van der Waals surface area contributed by atoms with Gasteiger partial charge in [0, 0.05) is 10.8 Å². The summed E-state index contributed by atoms with van der Waals surface area (Å²) in [6.07, 6.45) is 0.573. The van der Waals surface area contributed by atoms with E-state index in [1.807, 2.05) is 0 Å². The van der Waals surface area contributed by atoms with Gasteiger partial charge in [0.1, 0.15) is 0 Å². The van der Waals surface area contributed by atoms with Crippen molar-refractivity contribution in [3.8, 4) is 0 Å². The Balaban J connectivity index is 2.21. The predicted molar refractivity (Wildman–Crippen MR) is 67.0 cm³/mol. The van der Waals surface area contributed by atoms with Gasteiger partial charge < -0.3 is 4.74 Å². The molecule has 1 aliphatic rings. The first-order valence-corrected chi connectivity index (χ1v) is 6.68. The van der Waals surface area contributed by atoms with E-state index in [4.69, 9.17) is 10.6 Å². The molecule has 0 bridgehead atoms. The Bertz CT molecular complexity index is 328. The normalized spacial score (nSPS) is 36.5. The van der Waals surface area contributed by atoms with E-state index in [1.54, 1.807) is 11.3 Å². The van der Waals surface area contributed by atoms with Crippen molar-refractivity contribution in [3.05, 3.63) is 22.4 Å². The highest BCUT2D eigenvalue weighted by Gasteiger charge is 2.42. The number of hydrazine groups is 1. The van der Waals surface area contributed by atoms with Crippen molar-refractivity contribution in [1.82, 2.24) is 5.43 Å². The maximum Gasteiger partial charge on any atom is 0.0609 e. The molecule has 1 aliphatic heterocycles. The number of ether oxygens (including phenoxy) is 1. The van der Waals surface area contributed by atoms with Gasteiger partial charge in [-0.15, -0.1) is 11.3 Å². The minimum absolute atomic E-state index is 0.204. The van der Waals surface area contributed by atoms with Crippen LogP contribution in [0.2, 0.25) is 0 Å². The Labute approximate surface area is 101 Å². The van der Waals surface area contributed by atoms with E-state index in [-0.39, 0.29) is 12.1 Å². The molecule has 0 spiro atoms. The van der Waals surface area contributed by atoms with Crippen molar-refractivity contribution >= 4 is 11.3 Å². The molecular formula is C12H20N2OS. The van der Waals surface area contributed by atoms with Crippen LogP contribution in [-0.4, -0.2) is 12.2 Å². The van der Waals surface area contributed by atoms with Crippen LogP contribution in [0.5, 0.6) is 0 Å². The van der Waals surface area contributed by atoms with Gasteiger partial charge in [0.2, 0.25) is 0 Å². The molecule has 1 saturated heterocycles. The second-order valence-corrected chi connectivity index (χ2v) is 5.62. The average Bonchev–Trinajstić information content (AvgIpc) is 2.84. The van der Waals surface area contributed by atoms with Crippen LogP contribution in [-0.2, 0) is 4.74 Å². The fraction of sp³-hybridized carbons (Fsp3) is 0.667. The summed E-state index contributed by atoms with van der Waals surface area (Å²) in [7, 11) is 0. The minimum Gasteiger partial charge on any atom is -0.375 e. The fourth-order valence-corrected chi connectivity index (χ4v) is 3.56. The molecule has 5 unspecified atom stereocenters. The van der Waals surface area contributed by atoms with Crippen LogP contribution in [0.4, 0.5) is 0 Å². The minimum atomic E-state index is 0.204. The zero-order valence-electron chi connectivity index (χ0n) is 10.0. The third-order valence-corrected chi connectivity index (χ3v) is 4.69. The van der Waals surface area contributed by atoms with E-state index in [0.29, 0.717) is 17.9 Å². The summed E-state index contributed by atoms with van der Waals surface area (Å²) < 4.78 is 5.88. The van der Waals surface area contributed by atoms with Crippen LogP contribution in [0.1, 0.15) is 31.7 Å². The number of nitrogens with one attached hydrogen (secondary N) is 1. The van der Waals surface area contributed by atoms with Gasteiger partial charge in [-0.2, -0.15) is 0 Å². The van der Waals surface area contributed by atoms with Gasteiger partial charge in [-0.25, -0.2) is 0 Å². The van der Waals surface area contributed by atoms with Crippen LogP contribution in [0.3, 0.4) is 0 Å². The van der Waals surface area contributed by atoms with Crippen molar-refractivity contribution in [1.29, 1.82) is 0 Å². The zero-order chi connectivity index (χ0) is 11.7. The lowest BCUT2D eigenvalue weighted by Crippen LogP contribution is -2.38. The Morgan fingerprint density at radius 1 is 1.38 bits per heavy atom. The zero-order valence-corrected chi connectivity index (χ0v) is 10.8. The van der Waals surface area contributed by atoms with E-state index < -0.39 is 0 Å². The summed E-state index contributed by atoms with van der Waals surface area (Å²) in [5, 5.41) is 2.09. The molecule has 1 aromatic rings. The highest BCUT2D eigenvalue weighted by Crippen LogP contribution is 2.41. The maximum atomic E-state index is 5.88. The Kier molecular flexibility index (Phi) is 3.64. The summed E-state index contributed by atoms with van der Waals surface area (Å²) in [5.74, 6) is 6.68. The first-order chi connectivity index (χ1) is 7.65. The van der Waals surface area contributed by atoms with Gasteiger partial charge >= 0.3 is 0 Å². The van der Waals surface area contributed by atoms with Gasteiger partial charge in [0.25, 0.3) is 0 Å². The first kappa shape index (κ1) is 12.0. The topological polar surface area (TPSA) is 47.3 Å². The largest absolute Gasteiger partial charge is 0.375 e. The van der Waals surface area contributed by atoms with Gasteiger partial charge in [-0.05, 0) is 31.2 Å². The van der Waals surface area contributed by atoms with Crippen molar-refractivity contribution in [2.45, 2.75) is 39.0 Å². The third-order valence-electron chi connectivity index (χ3n) is 3.73. The molecule has 1 aromatic heterocycles. The average molecular weight is 240 g/mol. The number of hydrogen-bond donors (Lipinski definition) is 2. The summed E-state index contributed by atoms with van der Waals surface area (Å²) in [6.45, 7) is 6.53. The molecular weight excluding hydrogens is 220 g/mol. The Hall–Kier alpha value is -0.420. The van der Waals surface area contributed by atoms with E-state index in [9.17, 15) is 0 Å². The van der Waals surface area contributed by atoms with E-state index in [2.05, 4.69) is 43.7 Å². The molecule has 1 fully saturated rings. The lowest BCUT2D eigenvalue weighted by atomic mass is 9.83. The molecule has 2 heterocycles. The molecule has 0 aromatic carbocycles. The molecule has 90 valence electrons. The molecule has 3 N–H and O–H groups in total. The lowest BCUT2D eigenvalue weighted by molar-refractivity contribution is 0.0476. The van der Waals surface area contributed by atoms with Crippen molar-refractivity contribution in [2.75, 3.05) is 0 Å². The van der Waals surface area contributed by atoms with Crippen LogP contribution < -0.4 is 11.3 Å². The Morgan fingerprint density at radius 3 is 2.56 bits per heavy atom. The molecule has 0 amide bonds. The van der Waals surface area contributed by atoms with Gasteiger partial charge in [-0.3, -0.25) is 11.3 Å². The standard InChI is InChI=1S/C12H20N2OS/c1-7-8(2)15-9(3)11(7)12(14-13)10-5-4-6-16-10/h4-9,11-12,14H,13H2,1-3H3. The van der Waals surface area contributed by atoms with Gasteiger partial charge in [0.15, 0.2) is 0 Å². The Morgan fingerprint density at radius 2 is 2.12 bits per heavy atom. The van der Waals surface area contributed by atoms with Gasteiger partial charge in [0.05, 0.1) is 18.2 Å². The molecule has 3 nitrogen and oxygen atoms in total. The number of rotatable bonds is 3.